The molecule has 0 saturated carbocycles. The van der Waals surface area contributed by atoms with Gasteiger partial charge in [0.15, 0.2) is 0 Å². The minimum absolute atomic E-state index is 0.0216. The molecule has 0 heterocycles. The van der Waals surface area contributed by atoms with Crippen LogP contribution in [0.5, 0.6) is 0 Å². The summed E-state index contributed by atoms with van der Waals surface area (Å²) >= 11 is 0. The van der Waals surface area contributed by atoms with Crippen molar-refractivity contribution in [1.82, 2.24) is 10.2 Å². The molecular weight excluding hydrogens is 360 g/mol. The van der Waals surface area contributed by atoms with Gasteiger partial charge in [-0.1, -0.05) is 74.0 Å². The number of hydrogen-bond acceptors (Lipinski definition) is 2. The van der Waals surface area contributed by atoms with Crippen LogP contribution in [0.15, 0.2) is 54.6 Å². The fourth-order valence-corrected chi connectivity index (χ4v) is 3.24. The summed E-state index contributed by atoms with van der Waals surface area (Å²) in [6.07, 6.45) is 2.55. The van der Waals surface area contributed by atoms with Crippen molar-refractivity contribution < 1.29 is 9.59 Å². The van der Waals surface area contributed by atoms with Crippen LogP contribution in [0.2, 0.25) is 0 Å². The zero-order chi connectivity index (χ0) is 21.2. The molecule has 4 heteroatoms. The zero-order valence-electron chi connectivity index (χ0n) is 18.2. The van der Waals surface area contributed by atoms with Crippen molar-refractivity contribution in [3.8, 4) is 0 Å². The average Bonchev–Trinajstić information content (AvgIpc) is 2.72. The van der Waals surface area contributed by atoms with Crippen molar-refractivity contribution in [3.63, 3.8) is 0 Å². The van der Waals surface area contributed by atoms with Crippen molar-refractivity contribution in [2.75, 3.05) is 0 Å². The molecule has 2 rings (SSSR count). The van der Waals surface area contributed by atoms with Gasteiger partial charge in [0.05, 0.1) is 0 Å². The predicted molar refractivity (Wildman–Crippen MR) is 118 cm³/mol. The van der Waals surface area contributed by atoms with E-state index in [0.717, 1.165) is 24.0 Å². The Morgan fingerprint density at radius 3 is 2.21 bits per heavy atom. The molecule has 29 heavy (non-hydrogen) atoms. The molecule has 1 N–H and O–H groups in total. The monoisotopic (exact) mass is 394 g/mol. The normalized spacial score (nSPS) is 12.8. The second-order valence-corrected chi connectivity index (χ2v) is 7.78. The number of rotatable bonds is 10. The van der Waals surface area contributed by atoms with Gasteiger partial charge in [-0.2, -0.15) is 0 Å². The summed E-state index contributed by atoms with van der Waals surface area (Å²) in [4.78, 5) is 28.0. The van der Waals surface area contributed by atoms with Gasteiger partial charge in [0.2, 0.25) is 11.8 Å². The second-order valence-electron chi connectivity index (χ2n) is 7.78. The molecule has 0 aliphatic heterocycles. The van der Waals surface area contributed by atoms with E-state index in [9.17, 15) is 9.59 Å². The lowest BCUT2D eigenvalue weighted by molar-refractivity contribution is -0.141. The van der Waals surface area contributed by atoms with E-state index in [4.69, 9.17) is 0 Å². The fourth-order valence-electron chi connectivity index (χ4n) is 3.24. The summed E-state index contributed by atoms with van der Waals surface area (Å²) in [6.45, 7) is 8.51. The van der Waals surface area contributed by atoms with E-state index in [0.29, 0.717) is 19.4 Å². The number of nitrogens with zero attached hydrogens (tertiary/aromatic N) is 1. The third-order valence-corrected chi connectivity index (χ3v) is 5.21. The number of aryl methyl sites for hydroxylation is 1. The Balaban J connectivity index is 2.35. The largest absolute Gasteiger partial charge is 0.352 e. The van der Waals surface area contributed by atoms with Gasteiger partial charge in [0.25, 0.3) is 0 Å². The van der Waals surface area contributed by atoms with Gasteiger partial charge < -0.3 is 10.2 Å². The summed E-state index contributed by atoms with van der Waals surface area (Å²) < 4.78 is 0. The SMILES string of the molecule is CCCC(=O)N(Cc1ccc(C)cc1)[C@@H](Cc1ccccc1)C(=O)N[C@@H](C)CC. The molecule has 4 nitrogen and oxygen atoms in total. The quantitative estimate of drug-likeness (QED) is 0.638. The van der Waals surface area contributed by atoms with Crippen molar-refractivity contribution in [1.29, 1.82) is 0 Å². The van der Waals surface area contributed by atoms with Crippen LogP contribution in [0, 0.1) is 6.92 Å². The van der Waals surface area contributed by atoms with Gasteiger partial charge in [-0.25, -0.2) is 0 Å². The molecule has 0 aliphatic rings. The van der Waals surface area contributed by atoms with Crippen LogP contribution in [0.25, 0.3) is 0 Å². The molecule has 0 spiro atoms. The van der Waals surface area contributed by atoms with E-state index in [1.807, 2.05) is 82.3 Å². The van der Waals surface area contributed by atoms with Gasteiger partial charge >= 0.3 is 0 Å². The van der Waals surface area contributed by atoms with E-state index >= 15 is 0 Å². The van der Waals surface area contributed by atoms with Gasteiger partial charge in [-0.15, -0.1) is 0 Å². The third kappa shape index (κ3) is 7.04. The fraction of sp³-hybridized carbons (Fsp3) is 0.440. The Morgan fingerprint density at radius 1 is 0.966 bits per heavy atom. The summed E-state index contributed by atoms with van der Waals surface area (Å²) in [7, 11) is 0. The van der Waals surface area contributed by atoms with Crippen molar-refractivity contribution >= 4 is 11.8 Å². The number of carbonyl (C=O) groups is 2. The number of hydrogen-bond donors (Lipinski definition) is 1. The van der Waals surface area contributed by atoms with Crippen molar-refractivity contribution in [2.24, 2.45) is 0 Å². The predicted octanol–water partition coefficient (Wildman–Crippen LogP) is 4.65. The first kappa shape index (κ1) is 22.7. The first-order chi connectivity index (χ1) is 13.9. The minimum Gasteiger partial charge on any atom is -0.352 e. The van der Waals surface area contributed by atoms with Crippen LogP contribution < -0.4 is 5.32 Å². The average molecular weight is 395 g/mol. The van der Waals surface area contributed by atoms with E-state index in [1.54, 1.807) is 4.90 Å². The third-order valence-electron chi connectivity index (χ3n) is 5.21. The Labute approximate surface area is 175 Å². The van der Waals surface area contributed by atoms with Crippen LogP contribution in [-0.2, 0) is 22.6 Å². The molecule has 0 saturated heterocycles. The number of benzene rings is 2. The highest BCUT2D eigenvalue weighted by atomic mass is 16.2. The van der Waals surface area contributed by atoms with E-state index in [2.05, 4.69) is 5.32 Å². The molecule has 2 aromatic carbocycles. The Bertz CT molecular complexity index is 771. The Hall–Kier alpha value is -2.62. The number of carbonyl (C=O) groups excluding carboxylic acids is 2. The van der Waals surface area contributed by atoms with Crippen LogP contribution in [0.1, 0.15) is 56.7 Å². The topological polar surface area (TPSA) is 49.4 Å². The van der Waals surface area contributed by atoms with Crippen LogP contribution >= 0.6 is 0 Å². The molecule has 2 atom stereocenters. The summed E-state index contributed by atoms with van der Waals surface area (Å²) in [5, 5.41) is 3.09. The minimum atomic E-state index is -0.535. The molecule has 2 aromatic rings. The molecule has 156 valence electrons. The van der Waals surface area contributed by atoms with Gasteiger partial charge in [-0.3, -0.25) is 9.59 Å². The standard InChI is InChI=1S/C25H34N2O2/c1-5-10-24(28)27(18-22-15-13-19(3)14-16-22)23(25(29)26-20(4)6-2)17-21-11-8-7-9-12-21/h7-9,11-16,20,23H,5-6,10,17-18H2,1-4H3,(H,26,29)/t20-,23-/m0/s1. The van der Waals surface area contributed by atoms with Gasteiger partial charge in [0, 0.05) is 25.4 Å². The van der Waals surface area contributed by atoms with Gasteiger partial charge in [-0.05, 0) is 37.8 Å². The van der Waals surface area contributed by atoms with Crippen LogP contribution in [-0.4, -0.2) is 28.8 Å². The summed E-state index contributed by atoms with van der Waals surface area (Å²) in [6, 6.07) is 17.6. The second kappa shape index (κ2) is 11.4. The van der Waals surface area contributed by atoms with Crippen molar-refractivity contribution in [3.05, 3.63) is 71.3 Å². The maximum Gasteiger partial charge on any atom is 0.243 e. The lowest BCUT2D eigenvalue weighted by atomic mass is 10.0. The molecule has 0 unspecified atom stereocenters. The van der Waals surface area contributed by atoms with E-state index in [-0.39, 0.29) is 17.9 Å². The lowest BCUT2D eigenvalue weighted by Gasteiger charge is -2.32. The number of nitrogens with one attached hydrogen (secondary N) is 1. The Kier molecular flexibility index (Phi) is 8.91. The van der Waals surface area contributed by atoms with Crippen LogP contribution in [0.3, 0.4) is 0 Å². The zero-order valence-corrected chi connectivity index (χ0v) is 18.2. The molecule has 0 aromatic heterocycles. The smallest absolute Gasteiger partial charge is 0.243 e. The maximum absolute atomic E-state index is 13.2. The molecule has 2 amide bonds. The molecule has 0 aliphatic carbocycles. The molecule has 0 fully saturated rings. The highest BCUT2D eigenvalue weighted by molar-refractivity contribution is 5.88. The highest BCUT2D eigenvalue weighted by Gasteiger charge is 2.30. The van der Waals surface area contributed by atoms with E-state index in [1.165, 1.54) is 5.56 Å². The molecule has 0 bridgehead atoms. The lowest BCUT2D eigenvalue weighted by Crippen LogP contribution is -2.52. The van der Waals surface area contributed by atoms with Crippen molar-refractivity contribution in [2.45, 2.75) is 72.0 Å². The first-order valence-corrected chi connectivity index (χ1v) is 10.6. The number of amides is 2. The van der Waals surface area contributed by atoms with Crippen LogP contribution in [0.4, 0.5) is 0 Å². The highest BCUT2D eigenvalue weighted by Crippen LogP contribution is 2.17. The summed E-state index contributed by atoms with van der Waals surface area (Å²) in [5.74, 6) is -0.0620. The summed E-state index contributed by atoms with van der Waals surface area (Å²) in [5.41, 5.74) is 3.26. The molecule has 0 radical (unpaired) electrons. The Morgan fingerprint density at radius 2 is 1.62 bits per heavy atom. The van der Waals surface area contributed by atoms with E-state index < -0.39 is 6.04 Å². The first-order valence-electron chi connectivity index (χ1n) is 10.6. The maximum atomic E-state index is 13.2. The van der Waals surface area contributed by atoms with Gasteiger partial charge in [0.1, 0.15) is 6.04 Å². The molecular formula is C25H34N2O2.